The lowest BCUT2D eigenvalue weighted by atomic mass is 10.1. The number of azo groups is 2. The number of aryl methyl sites for hydroxylation is 4. The van der Waals surface area contributed by atoms with Crippen LogP contribution in [0.2, 0.25) is 0 Å². The van der Waals surface area contributed by atoms with Gasteiger partial charge in [0.25, 0.3) is 0 Å². The van der Waals surface area contributed by atoms with Crippen molar-refractivity contribution in [2.45, 2.75) is 13.8 Å². The highest BCUT2D eigenvalue weighted by atomic mass is 32.1. The van der Waals surface area contributed by atoms with Crippen LogP contribution in [0.3, 0.4) is 0 Å². The highest BCUT2D eigenvalue weighted by molar-refractivity contribution is 7.13. The van der Waals surface area contributed by atoms with Crippen molar-refractivity contribution in [2.75, 3.05) is 36.0 Å². The zero-order valence-corrected chi connectivity index (χ0v) is 24.6. The molecule has 0 amide bonds. The van der Waals surface area contributed by atoms with Gasteiger partial charge in [-0.2, -0.15) is 0 Å². The van der Waals surface area contributed by atoms with E-state index in [9.17, 15) is 0 Å². The minimum Gasteiger partial charge on any atom is -0.368 e. The summed E-state index contributed by atoms with van der Waals surface area (Å²) < 4.78 is 3.94. The molecule has 0 spiro atoms. The molecule has 0 saturated carbocycles. The topological polar surface area (TPSA) is 63.7 Å². The van der Waals surface area contributed by atoms with E-state index in [1.54, 1.807) is 22.7 Å². The van der Waals surface area contributed by atoms with Crippen molar-refractivity contribution in [1.29, 1.82) is 0 Å². The maximum absolute atomic E-state index is 4.43. The van der Waals surface area contributed by atoms with Crippen LogP contribution in [-0.2, 0) is 14.1 Å². The van der Waals surface area contributed by atoms with Crippen molar-refractivity contribution >= 4 is 55.7 Å². The monoisotopic (exact) mass is 548 g/mol. The summed E-state index contributed by atoms with van der Waals surface area (Å²) >= 11 is 3.16. The van der Waals surface area contributed by atoms with Gasteiger partial charge in [-0.1, -0.05) is 0 Å². The lowest BCUT2D eigenvalue weighted by molar-refractivity contribution is -0.654. The molecule has 0 radical (unpaired) electrons. The number of rotatable bonds is 6. The van der Waals surface area contributed by atoms with E-state index in [1.165, 1.54) is 22.5 Å². The zero-order valence-electron chi connectivity index (χ0n) is 23.0. The molecule has 0 bridgehead atoms. The van der Waals surface area contributed by atoms with E-state index >= 15 is 0 Å². The van der Waals surface area contributed by atoms with Crippen LogP contribution in [0.25, 0.3) is 0 Å². The molecule has 5 rings (SSSR count). The fourth-order valence-electron chi connectivity index (χ4n) is 4.35. The van der Waals surface area contributed by atoms with E-state index in [0.29, 0.717) is 0 Å². The van der Waals surface area contributed by atoms with Gasteiger partial charge in [-0.3, -0.25) is 0 Å². The Kier molecular flexibility index (Phi) is 9.82. The van der Waals surface area contributed by atoms with Gasteiger partial charge in [0.1, 0.15) is 23.8 Å². The first-order valence-corrected chi connectivity index (χ1v) is 13.6. The van der Waals surface area contributed by atoms with Crippen LogP contribution >= 0.6 is 22.7 Å². The Bertz CT molecular complexity index is 1310. The minimum absolute atomic E-state index is 0. The molecule has 1 aliphatic heterocycles. The minimum atomic E-state index is 0. The number of nitrogens with zero attached hydrogens (tertiary/aromatic N) is 8. The van der Waals surface area contributed by atoms with Gasteiger partial charge in [0, 0.05) is 48.3 Å². The van der Waals surface area contributed by atoms with E-state index in [2.05, 4.69) is 80.5 Å². The number of hydrogen-bond acceptors (Lipinski definition) is 8. The average molecular weight is 549 g/mol. The normalized spacial score (nSPS) is 13.7. The van der Waals surface area contributed by atoms with Crippen LogP contribution < -0.4 is 18.9 Å². The molecular formula is C28H36N8S2. The maximum atomic E-state index is 4.43. The molecule has 10 heteroatoms. The van der Waals surface area contributed by atoms with E-state index in [1.807, 2.05) is 46.4 Å². The number of piperazine rings is 1. The van der Waals surface area contributed by atoms with Crippen molar-refractivity contribution in [3.05, 3.63) is 85.5 Å². The van der Waals surface area contributed by atoms with E-state index in [-0.39, 0.29) is 14.9 Å². The summed E-state index contributed by atoms with van der Waals surface area (Å²) in [6.07, 6.45) is 3.97. The van der Waals surface area contributed by atoms with E-state index < -0.39 is 0 Å². The van der Waals surface area contributed by atoms with Crippen LogP contribution in [0.1, 0.15) is 11.1 Å². The molecular weight excluding hydrogens is 512 g/mol. The third-order valence-corrected chi connectivity index (χ3v) is 8.02. The Morgan fingerprint density at radius 1 is 0.632 bits per heavy atom. The van der Waals surface area contributed by atoms with Gasteiger partial charge < -0.3 is 24.7 Å². The Morgan fingerprint density at radius 2 is 1.03 bits per heavy atom. The van der Waals surface area contributed by atoms with Gasteiger partial charge >= 0.3 is 10.3 Å². The highest BCUT2D eigenvalue weighted by Crippen LogP contribution is 2.30. The Balaban J connectivity index is 0.00000200. The SMILES string of the molecule is Cc1cc(N=Nc2scc[n+]2C)ccc1N1CCN(c2ccc(N=Nc3scc[n+]3C)cc2C)CC1.[CH3-].[CH3-]. The standard InChI is InChI=1S/C26H30N8S2.2CH3/c1-19-17-21(27-29-25-31(3)13-15-35-25)5-7-23(19)33-9-11-34(12-10-33)24-8-6-22(18-20(24)2)28-30-26-32(4)14-16-36-26;;/h5-8,13-18H,9-12H2,1-4H3;2*1H3/q+2;2*-1. The van der Waals surface area contributed by atoms with E-state index in [4.69, 9.17) is 0 Å². The van der Waals surface area contributed by atoms with Crippen LogP contribution in [0, 0.1) is 28.7 Å². The second kappa shape index (κ2) is 12.8. The predicted molar refractivity (Wildman–Crippen MR) is 159 cm³/mol. The molecule has 200 valence electrons. The quantitative estimate of drug-likeness (QED) is 0.146. The number of aromatic nitrogens is 2. The van der Waals surface area contributed by atoms with Gasteiger partial charge in [-0.25, -0.2) is 9.13 Å². The molecule has 0 atom stereocenters. The molecule has 3 heterocycles. The zero-order chi connectivity index (χ0) is 25.1. The summed E-state index contributed by atoms with van der Waals surface area (Å²) in [6, 6.07) is 12.7. The molecule has 0 aliphatic carbocycles. The van der Waals surface area contributed by atoms with Crippen molar-refractivity contribution < 1.29 is 9.13 Å². The molecule has 1 aliphatic rings. The largest absolute Gasteiger partial charge is 0.408 e. The summed E-state index contributed by atoms with van der Waals surface area (Å²) in [7, 11) is 3.96. The van der Waals surface area contributed by atoms with Crippen LogP contribution in [-0.4, -0.2) is 26.2 Å². The average Bonchev–Trinajstić information content (AvgIpc) is 3.49. The summed E-state index contributed by atoms with van der Waals surface area (Å²) in [5.74, 6) is 0. The Hall–Kier alpha value is -3.50. The molecule has 8 nitrogen and oxygen atoms in total. The van der Waals surface area contributed by atoms with Gasteiger partial charge in [-0.15, -0.1) is 0 Å². The third-order valence-electron chi connectivity index (χ3n) is 6.34. The number of hydrogen-bond donors (Lipinski definition) is 0. The van der Waals surface area contributed by atoms with Crippen molar-refractivity contribution in [3.8, 4) is 0 Å². The summed E-state index contributed by atoms with van der Waals surface area (Å²) in [5.41, 5.74) is 6.74. The lowest BCUT2D eigenvalue weighted by Gasteiger charge is -2.38. The summed E-state index contributed by atoms with van der Waals surface area (Å²) in [5, 5.41) is 23.4. The maximum Gasteiger partial charge on any atom is 0.408 e. The van der Waals surface area contributed by atoms with Crippen molar-refractivity contribution in [1.82, 2.24) is 0 Å². The number of benzene rings is 2. The Morgan fingerprint density at radius 3 is 1.34 bits per heavy atom. The van der Waals surface area contributed by atoms with Crippen molar-refractivity contribution in [2.24, 2.45) is 34.6 Å². The second-order valence-corrected chi connectivity index (χ2v) is 10.7. The van der Waals surface area contributed by atoms with Crippen LogP contribution in [0.4, 0.5) is 33.0 Å². The summed E-state index contributed by atoms with van der Waals surface area (Å²) in [6.45, 7) is 8.20. The van der Waals surface area contributed by atoms with Crippen LogP contribution in [0.15, 0.2) is 80.0 Å². The first-order chi connectivity index (χ1) is 17.5. The van der Waals surface area contributed by atoms with Gasteiger partial charge in [0.15, 0.2) is 0 Å². The molecule has 4 aromatic rings. The molecule has 38 heavy (non-hydrogen) atoms. The van der Waals surface area contributed by atoms with Gasteiger partial charge in [-0.05, 0) is 94.3 Å². The molecule has 2 aromatic carbocycles. The van der Waals surface area contributed by atoms with Crippen molar-refractivity contribution in [3.63, 3.8) is 0 Å². The molecule has 1 saturated heterocycles. The van der Waals surface area contributed by atoms with E-state index in [0.717, 1.165) is 47.8 Å². The molecule has 0 N–H and O–H groups in total. The molecule has 2 aromatic heterocycles. The lowest BCUT2D eigenvalue weighted by Crippen LogP contribution is -2.47. The molecule has 0 unspecified atom stereocenters. The fourth-order valence-corrected chi connectivity index (χ4v) is 5.71. The van der Waals surface area contributed by atoms with Gasteiger partial charge in [0.2, 0.25) is 0 Å². The number of anilines is 2. The Labute approximate surface area is 234 Å². The summed E-state index contributed by atoms with van der Waals surface area (Å²) in [4.78, 5) is 4.93. The molecule has 1 fully saturated rings. The predicted octanol–water partition coefficient (Wildman–Crippen LogP) is 7.13. The first kappa shape index (κ1) is 29.1. The number of thiazole rings is 2. The first-order valence-electron chi connectivity index (χ1n) is 11.9. The smallest absolute Gasteiger partial charge is 0.368 e. The highest BCUT2D eigenvalue weighted by Gasteiger charge is 2.20. The third kappa shape index (κ3) is 6.49. The van der Waals surface area contributed by atoms with Crippen LogP contribution in [0.5, 0.6) is 0 Å². The fraction of sp³-hybridized carbons (Fsp3) is 0.286. The van der Waals surface area contributed by atoms with Gasteiger partial charge in [0.05, 0.1) is 24.3 Å². The second-order valence-electron chi connectivity index (χ2n) is 8.91.